The first-order chi connectivity index (χ1) is 11.8. The lowest BCUT2D eigenvalue weighted by Crippen LogP contribution is -2.69. The van der Waals surface area contributed by atoms with Gasteiger partial charge >= 0.3 is 6.03 Å². The molecule has 1 aliphatic heterocycles. The van der Waals surface area contributed by atoms with Crippen LogP contribution in [-0.2, 0) is 12.1 Å². The summed E-state index contributed by atoms with van der Waals surface area (Å²) in [6.07, 6.45) is 6.52. The fraction of sp³-hybridized carbons (Fsp3) is 0.400. The molecule has 2 heterocycles. The SMILES string of the molecule is O=C(NCc1ccccn1)N1C[C@H]2CCCC[C@]21c1ccccc1. The monoisotopic (exact) mass is 321 g/mol. The molecular weight excluding hydrogens is 298 g/mol. The molecule has 124 valence electrons. The standard InChI is InChI=1S/C20H23N3O/c24-19(22-14-18-11-5-7-13-21-18)23-15-17-10-4-6-12-20(17,23)16-8-2-1-3-9-16/h1-3,5,7-9,11,13,17H,4,6,10,12,14-15H2,(H,22,24)/t17-,20+/m1/s1. The highest BCUT2D eigenvalue weighted by Gasteiger charge is 2.56. The maximum absolute atomic E-state index is 12.8. The normalized spacial score (nSPS) is 25.5. The first-order valence-electron chi connectivity index (χ1n) is 8.81. The molecule has 24 heavy (non-hydrogen) atoms. The van der Waals surface area contributed by atoms with E-state index in [9.17, 15) is 4.79 Å². The van der Waals surface area contributed by atoms with Crippen LogP contribution in [0.15, 0.2) is 54.7 Å². The van der Waals surface area contributed by atoms with Crippen LogP contribution in [0.5, 0.6) is 0 Å². The first kappa shape index (κ1) is 15.2. The van der Waals surface area contributed by atoms with E-state index in [2.05, 4.69) is 39.5 Å². The fourth-order valence-corrected chi connectivity index (χ4v) is 4.39. The molecule has 1 aromatic heterocycles. The van der Waals surface area contributed by atoms with Crippen LogP contribution in [0.2, 0.25) is 0 Å². The quantitative estimate of drug-likeness (QED) is 0.937. The van der Waals surface area contributed by atoms with E-state index in [1.807, 2.05) is 24.3 Å². The minimum atomic E-state index is -0.103. The van der Waals surface area contributed by atoms with E-state index >= 15 is 0 Å². The van der Waals surface area contributed by atoms with Crippen LogP contribution in [0.25, 0.3) is 0 Å². The Labute approximate surface area is 142 Å². The second kappa shape index (κ2) is 6.27. The van der Waals surface area contributed by atoms with Crippen LogP contribution < -0.4 is 5.32 Å². The summed E-state index contributed by atoms with van der Waals surface area (Å²) in [6.45, 7) is 1.34. The fourth-order valence-electron chi connectivity index (χ4n) is 4.39. The minimum absolute atomic E-state index is 0.0302. The molecule has 4 rings (SSSR count). The molecule has 4 heteroatoms. The average molecular weight is 321 g/mol. The maximum Gasteiger partial charge on any atom is 0.318 e. The van der Waals surface area contributed by atoms with Crippen molar-refractivity contribution in [3.8, 4) is 0 Å². The topological polar surface area (TPSA) is 45.2 Å². The van der Waals surface area contributed by atoms with Crippen molar-refractivity contribution in [3.63, 3.8) is 0 Å². The third kappa shape index (κ3) is 2.46. The second-order valence-electron chi connectivity index (χ2n) is 6.82. The van der Waals surface area contributed by atoms with Crippen molar-refractivity contribution >= 4 is 6.03 Å². The number of hydrogen-bond acceptors (Lipinski definition) is 2. The van der Waals surface area contributed by atoms with E-state index < -0.39 is 0 Å². The largest absolute Gasteiger partial charge is 0.332 e. The molecule has 0 spiro atoms. The number of carbonyl (C=O) groups is 1. The predicted molar refractivity (Wildman–Crippen MR) is 93.3 cm³/mol. The van der Waals surface area contributed by atoms with Crippen molar-refractivity contribution < 1.29 is 4.79 Å². The van der Waals surface area contributed by atoms with Crippen LogP contribution in [0.4, 0.5) is 4.79 Å². The lowest BCUT2D eigenvalue weighted by molar-refractivity contribution is -0.0794. The number of nitrogens with zero attached hydrogens (tertiary/aromatic N) is 2. The van der Waals surface area contributed by atoms with Crippen molar-refractivity contribution in [3.05, 3.63) is 66.0 Å². The Morgan fingerprint density at radius 3 is 2.75 bits per heavy atom. The van der Waals surface area contributed by atoms with E-state index in [0.717, 1.165) is 18.7 Å². The smallest absolute Gasteiger partial charge is 0.318 e. The number of urea groups is 1. The average Bonchev–Trinajstić information content (AvgIpc) is 2.63. The highest BCUT2D eigenvalue weighted by Crippen LogP contribution is 2.53. The molecule has 2 amide bonds. The number of aromatic nitrogens is 1. The summed E-state index contributed by atoms with van der Waals surface area (Å²) >= 11 is 0. The summed E-state index contributed by atoms with van der Waals surface area (Å²) in [6, 6.07) is 16.4. The highest BCUT2D eigenvalue weighted by molar-refractivity contribution is 5.77. The number of carbonyl (C=O) groups excluding carboxylic acids is 1. The molecule has 1 saturated carbocycles. The van der Waals surface area contributed by atoms with Gasteiger partial charge in [0.2, 0.25) is 0 Å². The summed E-state index contributed by atoms with van der Waals surface area (Å²) in [4.78, 5) is 19.1. The van der Waals surface area contributed by atoms with Gasteiger partial charge in [-0.3, -0.25) is 4.98 Å². The lowest BCUT2D eigenvalue weighted by atomic mass is 9.62. The van der Waals surface area contributed by atoms with E-state index in [0.29, 0.717) is 12.5 Å². The number of benzene rings is 1. The molecular formula is C20H23N3O. The van der Waals surface area contributed by atoms with Gasteiger partial charge in [0.15, 0.2) is 0 Å². The molecule has 2 fully saturated rings. The van der Waals surface area contributed by atoms with Gasteiger partial charge in [0.25, 0.3) is 0 Å². The van der Waals surface area contributed by atoms with Crippen LogP contribution in [-0.4, -0.2) is 22.5 Å². The van der Waals surface area contributed by atoms with E-state index in [1.165, 1.54) is 24.8 Å². The summed E-state index contributed by atoms with van der Waals surface area (Å²) in [7, 11) is 0. The number of fused-ring (bicyclic) bond motifs is 1. The Bertz CT molecular complexity index is 703. The Morgan fingerprint density at radius 2 is 2.00 bits per heavy atom. The Kier molecular flexibility index (Phi) is 3.97. The van der Waals surface area contributed by atoms with Crippen molar-refractivity contribution in [2.75, 3.05) is 6.54 Å². The molecule has 2 atom stereocenters. The van der Waals surface area contributed by atoms with E-state index in [-0.39, 0.29) is 11.6 Å². The molecule has 1 saturated heterocycles. The highest BCUT2D eigenvalue weighted by atomic mass is 16.2. The molecule has 4 nitrogen and oxygen atoms in total. The summed E-state index contributed by atoms with van der Waals surface area (Å²) in [5.74, 6) is 0.592. The van der Waals surface area contributed by atoms with Crippen molar-refractivity contribution in [2.45, 2.75) is 37.8 Å². The van der Waals surface area contributed by atoms with Gasteiger partial charge in [-0.25, -0.2) is 4.79 Å². The Hall–Kier alpha value is -2.36. The van der Waals surface area contributed by atoms with Gasteiger partial charge in [0, 0.05) is 18.7 Å². The molecule has 1 aliphatic carbocycles. The van der Waals surface area contributed by atoms with Crippen LogP contribution in [0.1, 0.15) is 36.9 Å². The zero-order valence-corrected chi connectivity index (χ0v) is 13.8. The molecule has 0 unspecified atom stereocenters. The van der Waals surface area contributed by atoms with Crippen molar-refractivity contribution in [2.24, 2.45) is 5.92 Å². The molecule has 0 bridgehead atoms. The van der Waals surface area contributed by atoms with Gasteiger partial charge < -0.3 is 10.2 Å². The predicted octanol–water partition coefficient (Wildman–Crippen LogP) is 3.69. The van der Waals surface area contributed by atoms with Gasteiger partial charge in [-0.15, -0.1) is 0 Å². The van der Waals surface area contributed by atoms with E-state index in [1.54, 1.807) is 6.20 Å². The number of nitrogens with one attached hydrogen (secondary N) is 1. The zero-order valence-electron chi connectivity index (χ0n) is 13.8. The van der Waals surface area contributed by atoms with Gasteiger partial charge in [0.05, 0.1) is 17.8 Å². The van der Waals surface area contributed by atoms with Gasteiger partial charge in [0.1, 0.15) is 0 Å². The molecule has 2 aromatic rings. The third-order valence-corrected chi connectivity index (χ3v) is 5.59. The van der Waals surface area contributed by atoms with Crippen LogP contribution in [0, 0.1) is 5.92 Å². The summed E-state index contributed by atoms with van der Waals surface area (Å²) < 4.78 is 0. The van der Waals surface area contributed by atoms with Crippen LogP contribution >= 0.6 is 0 Å². The van der Waals surface area contributed by atoms with Gasteiger partial charge in [-0.1, -0.05) is 49.2 Å². The zero-order chi connectivity index (χ0) is 16.4. The van der Waals surface area contributed by atoms with E-state index in [4.69, 9.17) is 0 Å². The number of rotatable bonds is 3. The summed E-state index contributed by atoms with van der Waals surface area (Å²) in [5, 5.41) is 3.05. The minimum Gasteiger partial charge on any atom is -0.332 e. The van der Waals surface area contributed by atoms with Crippen LogP contribution in [0.3, 0.4) is 0 Å². The second-order valence-corrected chi connectivity index (χ2v) is 6.82. The Morgan fingerprint density at radius 1 is 1.17 bits per heavy atom. The molecule has 1 aromatic carbocycles. The van der Waals surface area contributed by atoms with Gasteiger partial charge in [-0.05, 0) is 30.5 Å². The molecule has 0 radical (unpaired) electrons. The first-order valence-corrected chi connectivity index (χ1v) is 8.81. The number of likely N-dealkylation sites (tertiary alicyclic amines) is 1. The van der Waals surface area contributed by atoms with Crippen molar-refractivity contribution in [1.29, 1.82) is 0 Å². The maximum atomic E-state index is 12.8. The number of amides is 2. The number of hydrogen-bond donors (Lipinski definition) is 1. The number of pyridine rings is 1. The third-order valence-electron chi connectivity index (χ3n) is 5.59. The Balaban J connectivity index is 1.53. The molecule has 1 N–H and O–H groups in total. The summed E-state index contributed by atoms with van der Waals surface area (Å²) in [5.41, 5.74) is 2.07. The van der Waals surface area contributed by atoms with Crippen molar-refractivity contribution in [1.82, 2.24) is 15.2 Å². The lowest BCUT2D eigenvalue weighted by Gasteiger charge is -2.61. The molecule has 2 aliphatic rings. The van der Waals surface area contributed by atoms with Gasteiger partial charge in [-0.2, -0.15) is 0 Å².